The summed E-state index contributed by atoms with van der Waals surface area (Å²) in [5.74, 6) is 0.290. The molecule has 0 radical (unpaired) electrons. The molecule has 4 rings (SSSR count). The minimum atomic E-state index is -3.50. The summed E-state index contributed by atoms with van der Waals surface area (Å²) < 4.78 is 44.3. The number of rotatable bonds is 4. The number of H-pyrrole nitrogens is 1. The number of aromatic nitrogens is 2. The van der Waals surface area contributed by atoms with Crippen LogP contribution in [0.4, 0.5) is 23.7 Å². The van der Waals surface area contributed by atoms with Crippen LogP contribution >= 0.6 is 11.6 Å². The number of hydrogen-bond donors (Lipinski definition) is 4. The number of hydrogen-bond acceptors (Lipinski definition) is 3. The molecular weight excluding hydrogens is 435 g/mol. The van der Waals surface area contributed by atoms with E-state index in [0.717, 1.165) is 18.9 Å². The van der Waals surface area contributed by atoms with Crippen molar-refractivity contribution in [1.29, 1.82) is 0 Å². The fourth-order valence-corrected chi connectivity index (χ4v) is 3.44. The SMILES string of the molecule is CC(F)(F)[C@@]1(C#CC2CC2)NC(=O)Nc2cc(CNC(=O)c3[nH]cnc3Cl)c(F)cc21. The third-order valence-corrected chi connectivity index (χ3v) is 5.39. The minimum Gasteiger partial charge on any atom is -0.346 e. The van der Waals surface area contributed by atoms with Crippen LogP contribution in [0.3, 0.4) is 0 Å². The van der Waals surface area contributed by atoms with E-state index in [4.69, 9.17) is 11.6 Å². The smallest absolute Gasteiger partial charge is 0.320 e. The molecule has 1 aromatic carbocycles. The summed E-state index contributed by atoms with van der Waals surface area (Å²) in [5.41, 5.74) is -2.59. The number of urea groups is 1. The quantitative estimate of drug-likeness (QED) is 0.535. The fourth-order valence-electron chi connectivity index (χ4n) is 3.25. The molecule has 31 heavy (non-hydrogen) atoms. The van der Waals surface area contributed by atoms with Crippen LogP contribution in [0.1, 0.15) is 41.4 Å². The van der Waals surface area contributed by atoms with Crippen molar-refractivity contribution in [3.8, 4) is 11.8 Å². The van der Waals surface area contributed by atoms with Crippen LogP contribution in [0, 0.1) is 23.6 Å². The van der Waals surface area contributed by atoms with Gasteiger partial charge >= 0.3 is 6.03 Å². The lowest BCUT2D eigenvalue weighted by Gasteiger charge is -2.40. The average molecular weight is 452 g/mol. The summed E-state index contributed by atoms with van der Waals surface area (Å²) in [6.45, 7) is 0.351. The first-order chi connectivity index (χ1) is 14.6. The number of carbonyl (C=O) groups is 2. The number of aromatic amines is 1. The van der Waals surface area contributed by atoms with E-state index in [1.807, 2.05) is 0 Å². The molecule has 11 heteroatoms. The van der Waals surface area contributed by atoms with Crippen molar-refractivity contribution in [2.75, 3.05) is 5.32 Å². The van der Waals surface area contributed by atoms with Gasteiger partial charge in [0.05, 0.1) is 6.33 Å². The second kappa shape index (κ2) is 7.50. The molecule has 1 saturated carbocycles. The lowest BCUT2D eigenvalue weighted by Crippen LogP contribution is -2.59. The molecule has 1 aliphatic heterocycles. The Bertz CT molecular complexity index is 1130. The average Bonchev–Trinajstić information content (AvgIpc) is 3.42. The molecule has 1 aromatic heterocycles. The number of nitrogens with zero attached hydrogens (tertiary/aromatic N) is 1. The molecule has 2 heterocycles. The Morgan fingerprint density at radius 3 is 2.77 bits per heavy atom. The highest BCUT2D eigenvalue weighted by atomic mass is 35.5. The molecule has 4 N–H and O–H groups in total. The number of carbonyl (C=O) groups excluding carboxylic acids is 2. The van der Waals surface area contributed by atoms with E-state index in [1.54, 1.807) is 0 Å². The molecule has 2 aromatic rings. The van der Waals surface area contributed by atoms with Crippen molar-refractivity contribution in [3.05, 3.63) is 46.3 Å². The monoisotopic (exact) mass is 451 g/mol. The van der Waals surface area contributed by atoms with Crippen molar-refractivity contribution in [1.82, 2.24) is 20.6 Å². The van der Waals surface area contributed by atoms with Crippen LogP contribution in [0.2, 0.25) is 5.15 Å². The first kappa shape index (κ1) is 21.1. The first-order valence-corrected chi connectivity index (χ1v) is 9.78. The molecule has 0 unspecified atom stereocenters. The molecule has 1 aliphatic carbocycles. The van der Waals surface area contributed by atoms with Gasteiger partial charge in [-0.2, -0.15) is 0 Å². The third-order valence-electron chi connectivity index (χ3n) is 5.10. The fraction of sp³-hybridized carbons (Fsp3) is 0.350. The summed E-state index contributed by atoms with van der Waals surface area (Å²) >= 11 is 5.77. The maximum absolute atomic E-state index is 14.9. The molecular formula is C20H17ClF3N5O2. The Morgan fingerprint density at radius 1 is 1.42 bits per heavy atom. The standard InChI is InChI=1S/C20H17ClF3N5O2/c1-19(23,24)20(5-4-10-2-3-10)12-7-13(22)11(6-14(12)28-18(31)29-20)8-25-17(30)15-16(21)27-9-26-15/h6-7,9-10H,2-3,8H2,1H3,(H,25,30)(H,26,27)(H2,28,29,31)/t20-/m0/s1. The van der Waals surface area contributed by atoms with Crippen molar-refractivity contribution in [2.24, 2.45) is 5.92 Å². The van der Waals surface area contributed by atoms with Gasteiger partial charge in [-0.1, -0.05) is 23.4 Å². The Labute approximate surface area is 180 Å². The number of halogens is 4. The Kier molecular flexibility index (Phi) is 5.09. The molecule has 162 valence electrons. The predicted octanol–water partition coefficient (Wildman–Crippen LogP) is 3.53. The van der Waals surface area contributed by atoms with E-state index < -0.39 is 29.2 Å². The molecule has 7 nitrogen and oxygen atoms in total. The number of fused-ring (bicyclic) bond motifs is 1. The van der Waals surface area contributed by atoms with Crippen LogP contribution in [-0.2, 0) is 12.1 Å². The normalized spacial score (nSPS) is 20.1. The topological polar surface area (TPSA) is 98.9 Å². The Morgan fingerprint density at radius 2 is 2.16 bits per heavy atom. The summed E-state index contributed by atoms with van der Waals surface area (Å²) in [6, 6.07) is 1.23. The molecule has 0 bridgehead atoms. The van der Waals surface area contributed by atoms with Gasteiger partial charge in [0.2, 0.25) is 0 Å². The van der Waals surface area contributed by atoms with Gasteiger partial charge in [-0.15, -0.1) is 0 Å². The second-order valence-corrected chi connectivity index (χ2v) is 7.86. The number of amides is 3. The van der Waals surface area contributed by atoms with E-state index in [9.17, 15) is 22.8 Å². The van der Waals surface area contributed by atoms with Crippen molar-refractivity contribution in [2.45, 2.75) is 37.8 Å². The van der Waals surface area contributed by atoms with Gasteiger partial charge in [-0.3, -0.25) is 4.79 Å². The maximum Gasteiger partial charge on any atom is 0.320 e. The van der Waals surface area contributed by atoms with Crippen LogP contribution in [0.15, 0.2) is 18.5 Å². The van der Waals surface area contributed by atoms with Crippen LogP contribution < -0.4 is 16.0 Å². The van der Waals surface area contributed by atoms with E-state index >= 15 is 0 Å². The van der Waals surface area contributed by atoms with Crippen LogP contribution in [0.25, 0.3) is 0 Å². The van der Waals surface area contributed by atoms with E-state index in [1.165, 1.54) is 12.4 Å². The summed E-state index contributed by atoms with van der Waals surface area (Å²) in [5, 5.41) is 7.02. The zero-order valence-corrected chi connectivity index (χ0v) is 17.0. The Balaban J connectivity index is 1.69. The number of benzene rings is 1. The van der Waals surface area contributed by atoms with Gasteiger partial charge in [0.1, 0.15) is 11.5 Å². The van der Waals surface area contributed by atoms with E-state index in [2.05, 4.69) is 37.8 Å². The van der Waals surface area contributed by atoms with Gasteiger partial charge in [-0.05, 0) is 25.0 Å². The zero-order chi connectivity index (χ0) is 22.4. The molecule has 2 aliphatic rings. The predicted molar refractivity (Wildman–Crippen MR) is 106 cm³/mol. The van der Waals surface area contributed by atoms with Crippen molar-refractivity contribution in [3.63, 3.8) is 0 Å². The summed E-state index contributed by atoms with van der Waals surface area (Å²) in [4.78, 5) is 30.6. The van der Waals surface area contributed by atoms with Crippen molar-refractivity contribution < 1.29 is 22.8 Å². The Hall–Kier alpha value is -3.19. The highest BCUT2D eigenvalue weighted by Crippen LogP contribution is 2.44. The molecule has 0 saturated heterocycles. The van der Waals surface area contributed by atoms with Crippen molar-refractivity contribution >= 4 is 29.2 Å². The van der Waals surface area contributed by atoms with Gasteiger partial charge in [0.25, 0.3) is 11.8 Å². The number of alkyl halides is 2. The zero-order valence-electron chi connectivity index (χ0n) is 16.2. The molecule has 3 amide bonds. The summed E-state index contributed by atoms with van der Waals surface area (Å²) in [7, 11) is 0. The van der Waals surface area contributed by atoms with Gasteiger partial charge in [-0.25, -0.2) is 22.9 Å². The molecule has 1 fully saturated rings. The molecule has 1 atom stereocenters. The van der Waals surface area contributed by atoms with E-state index in [-0.39, 0.29) is 40.1 Å². The lowest BCUT2D eigenvalue weighted by atomic mass is 9.81. The third kappa shape index (κ3) is 3.93. The number of nitrogens with one attached hydrogen (secondary N) is 4. The number of imidazole rings is 1. The number of anilines is 1. The minimum absolute atomic E-state index is 0.00229. The van der Waals surface area contributed by atoms with E-state index in [0.29, 0.717) is 6.92 Å². The summed E-state index contributed by atoms with van der Waals surface area (Å²) in [6.07, 6.45) is 2.82. The molecule has 0 spiro atoms. The van der Waals surface area contributed by atoms with Gasteiger partial charge in [0.15, 0.2) is 10.7 Å². The second-order valence-electron chi connectivity index (χ2n) is 7.50. The van der Waals surface area contributed by atoms with Gasteiger partial charge in [0, 0.05) is 36.2 Å². The van der Waals surface area contributed by atoms with Crippen LogP contribution in [0.5, 0.6) is 0 Å². The maximum atomic E-state index is 14.9. The largest absolute Gasteiger partial charge is 0.346 e. The highest BCUT2D eigenvalue weighted by molar-refractivity contribution is 6.32. The first-order valence-electron chi connectivity index (χ1n) is 9.40. The van der Waals surface area contributed by atoms with Crippen LogP contribution in [-0.4, -0.2) is 27.8 Å². The van der Waals surface area contributed by atoms with Gasteiger partial charge < -0.3 is 20.9 Å². The highest BCUT2D eigenvalue weighted by Gasteiger charge is 2.55. The lowest BCUT2D eigenvalue weighted by molar-refractivity contribution is -0.0465.